The molecule has 0 fully saturated rings. The Labute approximate surface area is 175 Å². The zero-order valence-electron chi connectivity index (χ0n) is 15.8. The lowest BCUT2D eigenvalue weighted by atomic mass is 10.2. The molecule has 0 bridgehead atoms. The summed E-state index contributed by atoms with van der Waals surface area (Å²) in [6.45, 7) is 4.09. The summed E-state index contributed by atoms with van der Waals surface area (Å²) in [5.41, 5.74) is 1.06. The van der Waals surface area contributed by atoms with E-state index in [4.69, 9.17) is 27.9 Å². The molecule has 0 spiro atoms. The highest BCUT2D eigenvalue weighted by Gasteiger charge is 2.29. The summed E-state index contributed by atoms with van der Waals surface area (Å²) in [7, 11) is -3.75. The molecule has 2 rings (SSSR count). The highest BCUT2D eigenvalue weighted by atomic mass is 35.5. The third kappa shape index (κ3) is 5.53. The number of carbonyl (C=O) groups excluding carboxylic acids is 1. The lowest BCUT2D eigenvalue weighted by Crippen LogP contribution is -2.47. The van der Waals surface area contributed by atoms with Gasteiger partial charge in [0.15, 0.2) is 0 Å². The maximum Gasteiger partial charge on any atom is 0.243 e. The maximum absolute atomic E-state index is 12.7. The summed E-state index contributed by atoms with van der Waals surface area (Å²) in [5.74, 6) is 0.213. The van der Waals surface area contributed by atoms with E-state index in [0.29, 0.717) is 17.4 Å². The Balaban J connectivity index is 2.22. The number of hydrogen-bond acceptors (Lipinski definition) is 4. The lowest BCUT2D eigenvalue weighted by Gasteiger charge is -2.28. The van der Waals surface area contributed by atoms with Crippen LogP contribution < -0.4 is 14.4 Å². The molecule has 2 aromatic carbocycles. The third-order valence-corrected chi connectivity index (χ3v) is 5.95. The molecule has 152 valence electrons. The average Bonchev–Trinajstić information content (AvgIpc) is 2.63. The first-order valence-electron chi connectivity index (χ1n) is 8.58. The van der Waals surface area contributed by atoms with E-state index in [1.165, 1.54) is 25.1 Å². The van der Waals surface area contributed by atoms with Gasteiger partial charge in [-0.05, 0) is 38.1 Å². The van der Waals surface area contributed by atoms with Gasteiger partial charge in [-0.25, -0.2) is 8.42 Å². The lowest BCUT2D eigenvalue weighted by molar-refractivity contribution is -0.122. The van der Waals surface area contributed by atoms with E-state index in [1.807, 2.05) is 31.2 Å². The van der Waals surface area contributed by atoms with Gasteiger partial charge in [0.05, 0.1) is 28.6 Å². The SMILES string of the molecule is CCOc1ccccc1CNC(=O)[C@H](C)N(c1ccc(Cl)c(Cl)c1)S(C)(=O)=O. The van der Waals surface area contributed by atoms with E-state index in [9.17, 15) is 13.2 Å². The standard InChI is InChI=1S/C19H22Cl2N2O4S/c1-4-27-18-8-6-5-7-14(18)12-22-19(24)13(2)23(28(3,25)26)15-9-10-16(20)17(21)11-15/h5-11,13H,4,12H2,1-3H3,(H,22,24)/t13-/m0/s1. The summed E-state index contributed by atoms with van der Waals surface area (Å²) in [5, 5.41) is 3.26. The number of amides is 1. The van der Waals surface area contributed by atoms with Crippen LogP contribution in [0.5, 0.6) is 5.75 Å². The van der Waals surface area contributed by atoms with Crippen LogP contribution in [0.4, 0.5) is 5.69 Å². The van der Waals surface area contributed by atoms with Crippen molar-refractivity contribution >= 4 is 44.8 Å². The molecule has 0 unspecified atom stereocenters. The van der Waals surface area contributed by atoms with Crippen LogP contribution in [-0.4, -0.2) is 33.2 Å². The van der Waals surface area contributed by atoms with Gasteiger partial charge in [-0.3, -0.25) is 9.10 Å². The van der Waals surface area contributed by atoms with E-state index in [-0.39, 0.29) is 17.3 Å². The van der Waals surface area contributed by atoms with Crippen LogP contribution in [0.25, 0.3) is 0 Å². The molecule has 0 heterocycles. The number of ether oxygens (including phenoxy) is 1. The van der Waals surface area contributed by atoms with Gasteiger partial charge in [-0.15, -0.1) is 0 Å². The van der Waals surface area contributed by atoms with Crippen molar-refractivity contribution in [2.75, 3.05) is 17.2 Å². The summed E-state index contributed by atoms with van der Waals surface area (Å²) in [6.07, 6.45) is 1.03. The quantitative estimate of drug-likeness (QED) is 0.670. The summed E-state index contributed by atoms with van der Waals surface area (Å²) < 4.78 is 31.2. The maximum atomic E-state index is 12.7. The van der Waals surface area contributed by atoms with Crippen LogP contribution in [0, 0.1) is 0 Å². The molecule has 0 saturated heterocycles. The Bertz CT molecular complexity index is 951. The van der Waals surface area contributed by atoms with Crippen LogP contribution in [0.2, 0.25) is 10.0 Å². The monoisotopic (exact) mass is 444 g/mol. The number of nitrogens with zero attached hydrogens (tertiary/aromatic N) is 1. The summed E-state index contributed by atoms with van der Waals surface area (Å²) >= 11 is 11.9. The Hall–Kier alpha value is -1.96. The number of hydrogen-bond donors (Lipinski definition) is 1. The molecule has 2 aromatic rings. The number of nitrogens with one attached hydrogen (secondary N) is 1. The number of para-hydroxylation sites is 1. The molecule has 0 aromatic heterocycles. The molecule has 0 aliphatic carbocycles. The van der Waals surface area contributed by atoms with Crippen molar-refractivity contribution in [1.29, 1.82) is 0 Å². The molecule has 1 atom stereocenters. The van der Waals surface area contributed by atoms with Gasteiger partial charge < -0.3 is 10.1 Å². The molecule has 9 heteroatoms. The fraction of sp³-hybridized carbons (Fsp3) is 0.316. The molecule has 28 heavy (non-hydrogen) atoms. The Morgan fingerprint density at radius 2 is 1.86 bits per heavy atom. The third-order valence-electron chi connectivity index (χ3n) is 3.97. The van der Waals surface area contributed by atoms with Crippen molar-refractivity contribution in [3.05, 3.63) is 58.1 Å². The van der Waals surface area contributed by atoms with Gasteiger partial charge in [0.2, 0.25) is 15.9 Å². The van der Waals surface area contributed by atoms with Crippen molar-refractivity contribution < 1.29 is 17.9 Å². The van der Waals surface area contributed by atoms with Crippen LogP contribution in [0.3, 0.4) is 0 Å². The number of halogens is 2. The number of anilines is 1. The molecule has 0 radical (unpaired) electrons. The second-order valence-corrected chi connectivity index (χ2v) is 8.77. The van der Waals surface area contributed by atoms with Crippen LogP contribution >= 0.6 is 23.2 Å². The summed E-state index contributed by atoms with van der Waals surface area (Å²) in [6, 6.07) is 10.7. The fourth-order valence-corrected chi connectivity index (χ4v) is 4.17. The molecule has 0 aliphatic heterocycles. The van der Waals surface area contributed by atoms with Gasteiger partial charge in [-0.1, -0.05) is 41.4 Å². The number of rotatable bonds is 8. The summed E-state index contributed by atoms with van der Waals surface area (Å²) in [4.78, 5) is 12.7. The zero-order valence-corrected chi connectivity index (χ0v) is 18.1. The van der Waals surface area contributed by atoms with Crippen molar-refractivity contribution in [3.8, 4) is 5.75 Å². The van der Waals surface area contributed by atoms with E-state index < -0.39 is 22.0 Å². The predicted octanol–water partition coefficient (Wildman–Crippen LogP) is 3.86. The van der Waals surface area contributed by atoms with Crippen LogP contribution in [-0.2, 0) is 21.4 Å². The van der Waals surface area contributed by atoms with Crippen molar-refractivity contribution in [1.82, 2.24) is 5.32 Å². The predicted molar refractivity (Wildman–Crippen MR) is 113 cm³/mol. The molecular weight excluding hydrogens is 423 g/mol. The Kier molecular flexibility index (Phi) is 7.57. The van der Waals surface area contributed by atoms with Gasteiger partial charge in [0, 0.05) is 12.1 Å². The minimum absolute atomic E-state index is 0.200. The van der Waals surface area contributed by atoms with E-state index in [0.717, 1.165) is 16.1 Å². The van der Waals surface area contributed by atoms with Gasteiger partial charge in [0.1, 0.15) is 11.8 Å². The minimum Gasteiger partial charge on any atom is -0.494 e. The first-order valence-corrected chi connectivity index (χ1v) is 11.2. The highest BCUT2D eigenvalue weighted by Crippen LogP contribution is 2.29. The Morgan fingerprint density at radius 3 is 2.46 bits per heavy atom. The number of benzene rings is 2. The topological polar surface area (TPSA) is 75.7 Å². The van der Waals surface area contributed by atoms with Crippen molar-refractivity contribution in [3.63, 3.8) is 0 Å². The minimum atomic E-state index is -3.75. The average molecular weight is 445 g/mol. The van der Waals surface area contributed by atoms with E-state index >= 15 is 0 Å². The molecule has 0 saturated carbocycles. The van der Waals surface area contributed by atoms with Crippen molar-refractivity contribution in [2.45, 2.75) is 26.4 Å². The molecular formula is C19H22Cl2N2O4S. The molecule has 6 nitrogen and oxygen atoms in total. The second kappa shape index (κ2) is 9.49. The van der Waals surface area contributed by atoms with Crippen LogP contribution in [0.1, 0.15) is 19.4 Å². The fourth-order valence-electron chi connectivity index (χ4n) is 2.71. The first kappa shape index (κ1) is 22.3. The van der Waals surface area contributed by atoms with E-state index in [1.54, 1.807) is 0 Å². The zero-order chi connectivity index (χ0) is 20.9. The smallest absolute Gasteiger partial charge is 0.243 e. The van der Waals surface area contributed by atoms with Crippen LogP contribution in [0.15, 0.2) is 42.5 Å². The molecule has 1 N–H and O–H groups in total. The normalized spacial score (nSPS) is 12.3. The number of carbonyl (C=O) groups is 1. The molecule has 1 amide bonds. The number of sulfonamides is 1. The van der Waals surface area contributed by atoms with Gasteiger partial charge in [0.25, 0.3) is 0 Å². The van der Waals surface area contributed by atoms with Gasteiger partial charge in [-0.2, -0.15) is 0 Å². The largest absolute Gasteiger partial charge is 0.494 e. The highest BCUT2D eigenvalue weighted by molar-refractivity contribution is 7.92. The first-order chi connectivity index (χ1) is 13.1. The molecule has 0 aliphatic rings. The van der Waals surface area contributed by atoms with Crippen molar-refractivity contribution in [2.24, 2.45) is 0 Å². The second-order valence-electron chi connectivity index (χ2n) is 6.09. The van der Waals surface area contributed by atoms with Gasteiger partial charge >= 0.3 is 0 Å². The Morgan fingerprint density at radius 1 is 1.18 bits per heavy atom. The van der Waals surface area contributed by atoms with E-state index in [2.05, 4.69) is 5.32 Å².